The highest BCUT2D eigenvalue weighted by Crippen LogP contribution is 2.33. The molecule has 1 heterocycles. The fraction of sp³-hybridized carbons (Fsp3) is 0.200. The summed E-state index contributed by atoms with van der Waals surface area (Å²) in [5.74, 6) is 1.07. The second-order valence-corrected chi connectivity index (χ2v) is 7.56. The van der Waals surface area contributed by atoms with Gasteiger partial charge in [0.25, 0.3) is 5.91 Å². The third-order valence-electron chi connectivity index (χ3n) is 5.44. The first-order chi connectivity index (χ1) is 15.5. The number of carbonyl (C=O) groups is 2. The van der Waals surface area contributed by atoms with Gasteiger partial charge in [-0.1, -0.05) is 23.8 Å². The lowest BCUT2D eigenvalue weighted by Crippen LogP contribution is -2.29. The Balaban J connectivity index is 1.49. The molecule has 0 unspecified atom stereocenters. The average Bonchev–Trinajstić information content (AvgIpc) is 3.22. The zero-order chi connectivity index (χ0) is 22.7. The second-order valence-electron chi connectivity index (χ2n) is 7.56. The number of methoxy groups -OCH3 is 2. The third-order valence-corrected chi connectivity index (χ3v) is 5.44. The van der Waals surface area contributed by atoms with Crippen molar-refractivity contribution in [2.75, 3.05) is 36.3 Å². The van der Waals surface area contributed by atoms with E-state index in [1.807, 2.05) is 49.4 Å². The Morgan fingerprint density at radius 3 is 2.41 bits per heavy atom. The lowest BCUT2D eigenvalue weighted by atomic mass is 10.1. The first kappa shape index (κ1) is 21.2. The molecule has 0 fully saturated rings. The fourth-order valence-electron chi connectivity index (χ4n) is 3.71. The predicted octanol–water partition coefficient (Wildman–Crippen LogP) is 4.86. The predicted molar refractivity (Wildman–Crippen MR) is 125 cm³/mol. The van der Waals surface area contributed by atoms with Crippen LogP contribution in [0.3, 0.4) is 0 Å². The van der Waals surface area contributed by atoms with Gasteiger partial charge in [0.15, 0.2) is 0 Å². The Hall–Kier alpha value is -4.00. The topological polar surface area (TPSA) is 79.9 Å². The Labute approximate surface area is 187 Å². The molecule has 7 nitrogen and oxygen atoms in total. The van der Waals surface area contributed by atoms with E-state index in [-0.39, 0.29) is 5.91 Å². The first-order valence-corrected chi connectivity index (χ1v) is 10.3. The summed E-state index contributed by atoms with van der Waals surface area (Å²) < 4.78 is 10.5. The van der Waals surface area contributed by atoms with Gasteiger partial charge in [-0.25, -0.2) is 4.79 Å². The van der Waals surface area contributed by atoms with Crippen LogP contribution in [0.15, 0.2) is 60.7 Å². The molecule has 164 valence electrons. The Kier molecular flexibility index (Phi) is 5.98. The van der Waals surface area contributed by atoms with Crippen LogP contribution in [-0.2, 0) is 6.42 Å². The molecule has 0 atom stereocenters. The van der Waals surface area contributed by atoms with Crippen LogP contribution in [0, 0.1) is 6.92 Å². The maximum atomic E-state index is 13.0. The van der Waals surface area contributed by atoms with Crippen molar-refractivity contribution in [2.45, 2.75) is 13.3 Å². The average molecular weight is 431 g/mol. The molecule has 3 amide bonds. The number of fused-ring (bicyclic) bond motifs is 1. The van der Waals surface area contributed by atoms with Gasteiger partial charge < -0.3 is 25.0 Å². The molecular weight excluding hydrogens is 406 g/mol. The first-order valence-electron chi connectivity index (χ1n) is 10.3. The van der Waals surface area contributed by atoms with E-state index >= 15 is 0 Å². The van der Waals surface area contributed by atoms with Gasteiger partial charge in [0.1, 0.15) is 11.5 Å². The van der Waals surface area contributed by atoms with E-state index in [0.717, 1.165) is 23.2 Å². The minimum atomic E-state index is -0.414. The van der Waals surface area contributed by atoms with Crippen molar-refractivity contribution in [3.8, 4) is 11.5 Å². The molecule has 3 aromatic rings. The Morgan fingerprint density at radius 2 is 1.69 bits per heavy atom. The summed E-state index contributed by atoms with van der Waals surface area (Å²) in [6.45, 7) is 2.60. The van der Waals surface area contributed by atoms with Crippen LogP contribution in [0.2, 0.25) is 0 Å². The molecule has 0 aliphatic carbocycles. The summed E-state index contributed by atoms with van der Waals surface area (Å²) in [7, 11) is 3.09. The molecule has 0 spiro atoms. The number of carbonyl (C=O) groups excluding carboxylic acids is 2. The number of nitrogens with one attached hydrogen (secondary N) is 2. The number of hydrogen-bond donors (Lipinski definition) is 2. The van der Waals surface area contributed by atoms with Gasteiger partial charge in [-0.3, -0.25) is 4.79 Å². The number of hydrogen-bond acceptors (Lipinski definition) is 4. The van der Waals surface area contributed by atoms with E-state index in [4.69, 9.17) is 9.47 Å². The molecule has 1 aliphatic rings. The molecule has 4 rings (SSSR count). The normalized spacial score (nSPS) is 12.2. The fourth-order valence-corrected chi connectivity index (χ4v) is 3.71. The smallest absolute Gasteiger partial charge is 0.323 e. The van der Waals surface area contributed by atoms with E-state index in [9.17, 15) is 9.59 Å². The van der Waals surface area contributed by atoms with Crippen molar-refractivity contribution in [1.29, 1.82) is 0 Å². The van der Waals surface area contributed by atoms with Crippen LogP contribution < -0.4 is 25.0 Å². The van der Waals surface area contributed by atoms with Gasteiger partial charge in [0, 0.05) is 29.5 Å². The van der Waals surface area contributed by atoms with Crippen LogP contribution >= 0.6 is 0 Å². The number of benzene rings is 3. The van der Waals surface area contributed by atoms with E-state index < -0.39 is 6.03 Å². The van der Waals surface area contributed by atoms with Gasteiger partial charge in [0.05, 0.1) is 19.9 Å². The summed E-state index contributed by atoms with van der Waals surface area (Å²) in [5.41, 5.74) is 4.75. The summed E-state index contributed by atoms with van der Waals surface area (Å²) >= 11 is 0. The minimum Gasteiger partial charge on any atom is -0.497 e. The Morgan fingerprint density at radius 1 is 0.906 bits per heavy atom. The number of ether oxygens (including phenoxy) is 2. The molecule has 3 aromatic carbocycles. The van der Waals surface area contributed by atoms with Gasteiger partial charge in [-0.15, -0.1) is 0 Å². The summed E-state index contributed by atoms with van der Waals surface area (Å²) in [4.78, 5) is 27.4. The molecule has 2 N–H and O–H groups in total. The monoisotopic (exact) mass is 431 g/mol. The van der Waals surface area contributed by atoms with Gasteiger partial charge in [0.2, 0.25) is 0 Å². The highest BCUT2D eigenvalue weighted by Gasteiger charge is 2.26. The molecule has 7 heteroatoms. The van der Waals surface area contributed by atoms with E-state index in [2.05, 4.69) is 10.6 Å². The summed E-state index contributed by atoms with van der Waals surface area (Å²) in [6.07, 6.45) is 0.780. The van der Waals surface area contributed by atoms with Crippen LogP contribution in [0.1, 0.15) is 21.5 Å². The maximum Gasteiger partial charge on any atom is 0.323 e. The van der Waals surface area contributed by atoms with Crippen molar-refractivity contribution in [2.24, 2.45) is 0 Å². The summed E-state index contributed by atoms with van der Waals surface area (Å²) in [5, 5.41) is 5.61. The molecule has 0 saturated carbocycles. The quantitative estimate of drug-likeness (QED) is 0.605. The molecule has 1 aliphatic heterocycles. The van der Waals surface area contributed by atoms with Crippen molar-refractivity contribution in [1.82, 2.24) is 0 Å². The standard InChI is InChI=1S/C25H25N3O4/c1-16-4-6-18(7-5-16)24(29)28-13-12-17-8-9-19(14-22(17)28)26-25(30)27-21-11-10-20(31-2)15-23(21)32-3/h4-11,14-15H,12-13H2,1-3H3,(H2,26,27,30). The number of rotatable bonds is 5. The number of amides is 3. The number of nitrogens with zero attached hydrogens (tertiary/aromatic N) is 1. The van der Waals surface area contributed by atoms with Crippen LogP contribution in [-0.4, -0.2) is 32.7 Å². The Bertz CT molecular complexity index is 1160. The van der Waals surface area contributed by atoms with Gasteiger partial charge in [-0.05, 0) is 55.3 Å². The third kappa shape index (κ3) is 4.37. The maximum absolute atomic E-state index is 13.0. The molecule has 32 heavy (non-hydrogen) atoms. The minimum absolute atomic E-state index is 0.0479. The van der Waals surface area contributed by atoms with Crippen molar-refractivity contribution >= 4 is 29.0 Å². The number of aryl methyl sites for hydroxylation is 1. The van der Waals surface area contributed by atoms with E-state index in [1.54, 1.807) is 30.2 Å². The highest BCUT2D eigenvalue weighted by atomic mass is 16.5. The van der Waals surface area contributed by atoms with Crippen molar-refractivity contribution < 1.29 is 19.1 Å². The van der Waals surface area contributed by atoms with Gasteiger partial charge >= 0.3 is 6.03 Å². The van der Waals surface area contributed by atoms with Crippen LogP contribution in [0.5, 0.6) is 11.5 Å². The lowest BCUT2D eigenvalue weighted by Gasteiger charge is -2.18. The molecular formula is C25H25N3O4. The molecule has 0 saturated heterocycles. The van der Waals surface area contributed by atoms with Crippen LogP contribution in [0.25, 0.3) is 0 Å². The highest BCUT2D eigenvalue weighted by molar-refractivity contribution is 6.08. The van der Waals surface area contributed by atoms with Crippen LogP contribution in [0.4, 0.5) is 21.9 Å². The molecule has 0 radical (unpaired) electrons. The van der Waals surface area contributed by atoms with Crippen molar-refractivity contribution in [3.63, 3.8) is 0 Å². The number of urea groups is 1. The largest absolute Gasteiger partial charge is 0.497 e. The lowest BCUT2D eigenvalue weighted by molar-refractivity contribution is 0.0989. The van der Waals surface area contributed by atoms with Gasteiger partial charge in [-0.2, -0.15) is 0 Å². The SMILES string of the molecule is COc1ccc(NC(=O)Nc2ccc3c(c2)N(C(=O)c2ccc(C)cc2)CC3)c(OC)c1. The van der Waals surface area contributed by atoms with Crippen molar-refractivity contribution in [3.05, 3.63) is 77.4 Å². The van der Waals surface area contributed by atoms with E-state index in [1.165, 1.54) is 7.11 Å². The zero-order valence-corrected chi connectivity index (χ0v) is 18.3. The molecule has 0 aromatic heterocycles. The zero-order valence-electron chi connectivity index (χ0n) is 18.3. The summed E-state index contributed by atoms with van der Waals surface area (Å²) in [6, 6.07) is 17.9. The number of anilines is 3. The second kappa shape index (κ2) is 9.01. The molecule has 0 bridgehead atoms. The van der Waals surface area contributed by atoms with E-state index in [0.29, 0.717) is 35.0 Å².